The lowest BCUT2D eigenvalue weighted by molar-refractivity contribution is -0.147. The lowest BCUT2D eigenvalue weighted by Gasteiger charge is -2.40. The van der Waals surface area contributed by atoms with Crippen LogP contribution in [0.15, 0.2) is 24.3 Å². The number of nitrogens with one attached hydrogen (secondary N) is 2. The first-order chi connectivity index (χ1) is 13.1. The first kappa shape index (κ1) is 22.9. The molecule has 1 aromatic carbocycles. The highest BCUT2D eigenvalue weighted by Gasteiger charge is 2.42. The van der Waals surface area contributed by atoms with Crippen molar-refractivity contribution in [3.63, 3.8) is 0 Å². The Morgan fingerprint density at radius 3 is 2.36 bits per heavy atom. The van der Waals surface area contributed by atoms with E-state index >= 15 is 0 Å². The highest BCUT2D eigenvalue weighted by Crippen LogP contribution is 2.35. The Labute approximate surface area is 174 Å². The highest BCUT2D eigenvalue weighted by atomic mass is 35.5. The van der Waals surface area contributed by atoms with E-state index in [1.54, 1.807) is 7.11 Å². The molecule has 1 amide bonds. The standard InChI is InChI=1S/C21H32N2O4.ClH/c1-3-27-18-6-4-17(5-7-18)20(10-14-26-15-11-20)16-23-19(24)21(25-2)8-12-22-13-9-21;/h4-7,22H,3,8-16H2,1-2H3,(H,23,24);1H. The van der Waals surface area contributed by atoms with Gasteiger partial charge in [0.2, 0.25) is 0 Å². The molecule has 1 aromatic rings. The van der Waals surface area contributed by atoms with Crippen LogP contribution in [0.1, 0.15) is 38.2 Å². The molecule has 2 saturated heterocycles. The van der Waals surface area contributed by atoms with Gasteiger partial charge in [-0.3, -0.25) is 4.79 Å². The van der Waals surface area contributed by atoms with Crippen LogP contribution in [0.3, 0.4) is 0 Å². The van der Waals surface area contributed by atoms with Gasteiger partial charge in [0.25, 0.3) is 5.91 Å². The van der Waals surface area contributed by atoms with Crippen LogP contribution < -0.4 is 15.4 Å². The van der Waals surface area contributed by atoms with Crippen LogP contribution in [0, 0.1) is 0 Å². The Bertz CT molecular complexity index is 611. The molecule has 158 valence electrons. The maximum absolute atomic E-state index is 13.0. The second kappa shape index (κ2) is 10.4. The van der Waals surface area contributed by atoms with E-state index in [1.165, 1.54) is 5.56 Å². The van der Waals surface area contributed by atoms with Crippen LogP contribution in [0.5, 0.6) is 5.75 Å². The summed E-state index contributed by atoms with van der Waals surface area (Å²) < 4.78 is 16.8. The Hall–Kier alpha value is -1.34. The smallest absolute Gasteiger partial charge is 0.252 e. The molecular formula is C21H33ClN2O4. The van der Waals surface area contributed by atoms with E-state index in [-0.39, 0.29) is 23.7 Å². The molecule has 7 heteroatoms. The third kappa shape index (κ3) is 4.98. The van der Waals surface area contributed by atoms with Crippen LogP contribution >= 0.6 is 12.4 Å². The molecule has 6 nitrogen and oxygen atoms in total. The predicted octanol–water partition coefficient (Wildman–Crippen LogP) is 2.44. The zero-order valence-corrected chi connectivity index (χ0v) is 17.7. The van der Waals surface area contributed by atoms with Crippen LogP contribution in [0.2, 0.25) is 0 Å². The summed E-state index contributed by atoms with van der Waals surface area (Å²) in [5, 5.41) is 6.51. The summed E-state index contributed by atoms with van der Waals surface area (Å²) in [4.78, 5) is 13.0. The van der Waals surface area contributed by atoms with E-state index in [9.17, 15) is 4.79 Å². The van der Waals surface area contributed by atoms with Gasteiger partial charge in [0.15, 0.2) is 0 Å². The number of benzene rings is 1. The molecule has 0 bridgehead atoms. The summed E-state index contributed by atoms with van der Waals surface area (Å²) in [7, 11) is 1.64. The summed E-state index contributed by atoms with van der Waals surface area (Å²) in [5.74, 6) is 0.879. The van der Waals surface area contributed by atoms with Gasteiger partial charge in [-0.15, -0.1) is 12.4 Å². The number of carbonyl (C=O) groups is 1. The lowest BCUT2D eigenvalue weighted by Crippen LogP contribution is -2.56. The van der Waals surface area contributed by atoms with E-state index in [2.05, 4.69) is 22.8 Å². The summed E-state index contributed by atoms with van der Waals surface area (Å²) >= 11 is 0. The fourth-order valence-corrected chi connectivity index (χ4v) is 4.17. The molecule has 28 heavy (non-hydrogen) atoms. The molecule has 2 fully saturated rings. The molecule has 2 heterocycles. The van der Waals surface area contributed by atoms with Gasteiger partial charge in [-0.1, -0.05) is 12.1 Å². The molecule has 2 N–H and O–H groups in total. The normalized spacial score (nSPS) is 20.6. The summed E-state index contributed by atoms with van der Waals surface area (Å²) in [5.41, 5.74) is 0.406. The molecule has 3 rings (SSSR count). The molecule has 0 saturated carbocycles. The van der Waals surface area contributed by atoms with Gasteiger partial charge in [0.1, 0.15) is 11.4 Å². The van der Waals surface area contributed by atoms with Gasteiger partial charge in [0, 0.05) is 32.3 Å². The second-order valence-electron chi connectivity index (χ2n) is 7.48. The first-order valence-electron chi connectivity index (χ1n) is 9.99. The first-order valence-corrected chi connectivity index (χ1v) is 9.99. The van der Waals surface area contributed by atoms with Crippen molar-refractivity contribution in [2.24, 2.45) is 0 Å². The molecule has 2 aliphatic heterocycles. The van der Waals surface area contributed by atoms with Crippen molar-refractivity contribution in [3.8, 4) is 5.75 Å². The average molecular weight is 413 g/mol. The maximum atomic E-state index is 13.0. The van der Waals surface area contributed by atoms with E-state index in [0.29, 0.717) is 39.2 Å². The Morgan fingerprint density at radius 2 is 1.79 bits per heavy atom. The fourth-order valence-electron chi connectivity index (χ4n) is 4.17. The molecule has 0 aliphatic carbocycles. The van der Waals surface area contributed by atoms with Gasteiger partial charge in [-0.2, -0.15) is 0 Å². The van der Waals surface area contributed by atoms with Crippen molar-refractivity contribution >= 4 is 18.3 Å². The SMILES string of the molecule is CCOc1ccc(C2(CNC(=O)C3(OC)CCNCC3)CCOCC2)cc1.Cl. The fraction of sp³-hybridized carbons (Fsp3) is 0.667. The van der Waals surface area contributed by atoms with Gasteiger partial charge >= 0.3 is 0 Å². The molecule has 0 atom stereocenters. The summed E-state index contributed by atoms with van der Waals surface area (Å²) in [6.45, 7) is 6.27. The molecular weight excluding hydrogens is 380 g/mol. The second-order valence-corrected chi connectivity index (χ2v) is 7.48. The lowest BCUT2D eigenvalue weighted by atomic mass is 9.74. The quantitative estimate of drug-likeness (QED) is 0.719. The highest BCUT2D eigenvalue weighted by molar-refractivity contribution is 5.85. The molecule has 2 aliphatic rings. The predicted molar refractivity (Wildman–Crippen MR) is 111 cm³/mol. The molecule has 0 radical (unpaired) electrons. The number of halogens is 1. The van der Waals surface area contributed by atoms with Gasteiger partial charge in [0.05, 0.1) is 6.61 Å². The van der Waals surface area contributed by atoms with E-state index in [4.69, 9.17) is 14.2 Å². The van der Waals surface area contributed by atoms with Gasteiger partial charge in [-0.25, -0.2) is 0 Å². The summed E-state index contributed by atoms with van der Waals surface area (Å²) in [6.07, 6.45) is 3.19. The van der Waals surface area contributed by atoms with Crippen molar-refractivity contribution < 1.29 is 19.0 Å². The zero-order chi connectivity index (χ0) is 19.2. The third-order valence-corrected chi connectivity index (χ3v) is 6.03. The number of carbonyl (C=O) groups excluding carboxylic acids is 1. The van der Waals surface area contributed by atoms with E-state index in [1.807, 2.05) is 19.1 Å². The van der Waals surface area contributed by atoms with Crippen molar-refractivity contribution in [1.82, 2.24) is 10.6 Å². The average Bonchev–Trinajstić information content (AvgIpc) is 2.74. The van der Waals surface area contributed by atoms with Gasteiger partial charge < -0.3 is 24.8 Å². The molecule has 0 spiro atoms. The minimum Gasteiger partial charge on any atom is -0.494 e. The number of hydrogen-bond acceptors (Lipinski definition) is 5. The number of amides is 1. The van der Waals surface area contributed by atoms with Crippen LogP contribution in [-0.2, 0) is 19.7 Å². The monoisotopic (exact) mass is 412 g/mol. The largest absolute Gasteiger partial charge is 0.494 e. The summed E-state index contributed by atoms with van der Waals surface area (Å²) in [6, 6.07) is 8.28. The number of hydrogen-bond donors (Lipinski definition) is 2. The number of rotatable bonds is 7. The molecule has 0 aromatic heterocycles. The minimum atomic E-state index is -0.712. The van der Waals surface area contributed by atoms with Crippen LogP contribution in [0.25, 0.3) is 0 Å². The van der Waals surface area contributed by atoms with Gasteiger partial charge in [-0.05, 0) is 63.4 Å². The van der Waals surface area contributed by atoms with Crippen molar-refractivity contribution in [1.29, 1.82) is 0 Å². The van der Waals surface area contributed by atoms with Crippen molar-refractivity contribution in [2.75, 3.05) is 46.6 Å². The van der Waals surface area contributed by atoms with Crippen LogP contribution in [-0.4, -0.2) is 58.1 Å². The Morgan fingerprint density at radius 1 is 1.14 bits per heavy atom. The van der Waals surface area contributed by atoms with E-state index < -0.39 is 5.60 Å². The Kier molecular flexibility index (Phi) is 8.56. The topological polar surface area (TPSA) is 68.8 Å². The maximum Gasteiger partial charge on any atom is 0.252 e. The van der Waals surface area contributed by atoms with Crippen molar-refractivity contribution in [3.05, 3.63) is 29.8 Å². The minimum absolute atomic E-state index is 0. The number of piperidine rings is 1. The van der Waals surface area contributed by atoms with Crippen LogP contribution in [0.4, 0.5) is 0 Å². The number of methoxy groups -OCH3 is 1. The third-order valence-electron chi connectivity index (χ3n) is 6.03. The van der Waals surface area contributed by atoms with E-state index in [0.717, 1.165) is 31.7 Å². The molecule has 0 unspecified atom stereocenters. The zero-order valence-electron chi connectivity index (χ0n) is 16.9. The Balaban J connectivity index is 0.00000280. The number of ether oxygens (including phenoxy) is 3. The van der Waals surface area contributed by atoms with Crippen molar-refractivity contribution in [2.45, 2.75) is 43.6 Å².